The third kappa shape index (κ3) is 4.15. The summed E-state index contributed by atoms with van der Waals surface area (Å²) in [5.41, 5.74) is 1.84. The van der Waals surface area contributed by atoms with Gasteiger partial charge in [-0.25, -0.2) is 9.35 Å². The molecule has 0 aliphatic carbocycles. The molecule has 0 aliphatic heterocycles. The Morgan fingerprint density at radius 2 is 2.00 bits per heavy atom. The third-order valence-electron chi connectivity index (χ3n) is 3.04. The zero-order chi connectivity index (χ0) is 13.3. The third-order valence-corrected chi connectivity index (χ3v) is 13.8. The Hall–Kier alpha value is -0.263. The van der Waals surface area contributed by atoms with Crippen molar-refractivity contribution in [1.82, 2.24) is 4.72 Å². The summed E-state index contributed by atoms with van der Waals surface area (Å²) in [5, 5.41) is 1.15. The average molecular weight is 336 g/mol. The molecule has 1 rings (SSSR count). The van der Waals surface area contributed by atoms with E-state index in [-0.39, 0.29) is 5.91 Å². The van der Waals surface area contributed by atoms with Crippen molar-refractivity contribution >= 4 is 41.4 Å². The lowest BCUT2D eigenvalue weighted by atomic mass is 10.1. The fourth-order valence-corrected chi connectivity index (χ4v) is 3.07. The number of rotatable bonds is 3. The summed E-state index contributed by atoms with van der Waals surface area (Å²) < 4.78 is 4.30. The van der Waals surface area contributed by atoms with Gasteiger partial charge in [-0.15, -0.1) is 0 Å². The molecule has 0 fully saturated rings. The van der Waals surface area contributed by atoms with E-state index in [2.05, 4.69) is 39.4 Å². The van der Waals surface area contributed by atoms with E-state index < -0.39 is 9.35 Å². The minimum Gasteiger partial charge on any atom is -0.331 e. The molecule has 2 nitrogen and oxygen atoms in total. The van der Waals surface area contributed by atoms with Gasteiger partial charge in [0.25, 0.3) is 5.91 Å². The molecule has 0 spiro atoms. The van der Waals surface area contributed by atoms with E-state index in [1.54, 1.807) is 0 Å². The Morgan fingerprint density at radius 3 is 2.47 bits per heavy atom. The molecular weight excluding hydrogens is 314 g/mol. The first-order chi connectivity index (χ1) is 7.62. The van der Waals surface area contributed by atoms with Crippen LogP contribution in [0, 0.1) is 6.92 Å². The zero-order valence-corrected chi connectivity index (χ0v) is 15.7. The quantitative estimate of drug-likeness (QED) is 0.638. The average Bonchev–Trinajstić information content (AvgIpc) is 2.21. The van der Waals surface area contributed by atoms with E-state index in [4.69, 9.17) is 0 Å². The smallest absolute Gasteiger partial charge is 0.258 e. The summed E-state index contributed by atoms with van der Waals surface area (Å²) in [6, 6.07) is 5.73. The Kier molecular flexibility index (Phi) is 4.16. The van der Waals surface area contributed by atoms with Gasteiger partial charge < -0.3 is 4.72 Å². The minimum atomic E-state index is -1.97. The van der Waals surface area contributed by atoms with Crippen molar-refractivity contribution in [1.29, 1.82) is 0 Å². The number of amides is 1. The number of carbonyl (C=O) groups is 1. The Balaban J connectivity index is 2.95. The van der Waals surface area contributed by atoms with Gasteiger partial charge in [-0.3, -0.25) is 4.79 Å². The molecule has 0 aromatic heterocycles. The van der Waals surface area contributed by atoms with Crippen LogP contribution in [0.1, 0.15) is 15.9 Å². The van der Waals surface area contributed by atoms with Crippen LogP contribution < -0.4 is 4.72 Å². The first kappa shape index (κ1) is 14.8. The predicted molar refractivity (Wildman–Crippen MR) is 87.9 cm³/mol. The zero-order valence-electron chi connectivity index (χ0n) is 11.2. The maximum atomic E-state index is 12.2. The van der Waals surface area contributed by atoms with Gasteiger partial charge in [0, 0.05) is 20.3 Å². The number of halogens is 1. The van der Waals surface area contributed by atoms with Crippen LogP contribution in [0.2, 0.25) is 0 Å². The predicted octanol–water partition coefficient (Wildman–Crippen LogP) is 1.69. The number of nitrogens with one attached hydrogen (secondary N) is 1. The summed E-state index contributed by atoms with van der Waals surface area (Å²) in [7, 11) is -0.847. The first-order valence-electron chi connectivity index (χ1n) is 5.72. The molecule has 17 heavy (non-hydrogen) atoms. The Bertz CT molecular complexity index is 454. The summed E-state index contributed by atoms with van der Waals surface area (Å²) >= 11 is 3.45. The molecule has 1 aromatic carbocycles. The standard InChI is InChI=1S/C12H22BrNOSSi/c1-9-7-10(5-6-11(9)13)12(15)14-16(2,3,4)8-17/h5-7,16H,8H2,1-4,17H3,(H,14,15). The highest BCUT2D eigenvalue weighted by molar-refractivity contribution is 9.10. The van der Waals surface area contributed by atoms with Gasteiger partial charge >= 0.3 is 0 Å². The van der Waals surface area contributed by atoms with Crippen LogP contribution in [0.3, 0.4) is 0 Å². The van der Waals surface area contributed by atoms with Gasteiger partial charge in [-0.05, 0) is 54.8 Å². The first-order valence-corrected chi connectivity index (χ1v) is 11.7. The SMILES string of the molecule is Cc1cc(C(=O)N[SH](C)(C)(C)C[SiH3])ccc1Br. The van der Waals surface area contributed by atoms with Crippen LogP contribution in [0.15, 0.2) is 22.7 Å². The highest BCUT2D eigenvalue weighted by atomic mass is 79.9. The molecule has 5 heteroatoms. The van der Waals surface area contributed by atoms with Crippen LogP contribution in [0.4, 0.5) is 0 Å². The lowest BCUT2D eigenvalue weighted by molar-refractivity contribution is 0.0982. The Labute approximate surface area is 116 Å². The maximum Gasteiger partial charge on any atom is 0.258 e. The lowest BCUT2D eigenvalue weighted by Crippen LogP contribution is -2.38. The van der Waals surface area contributed by atoms with Crippen molar-refractivity contribution in [2.24, 2.45) is 0 Å². The largest absolute Gasteiger partial charge is 0.331 e. The topological polar surface area (TPSA) is 29.1 Å². The molecular formula is C12H22BrNOSSi. The second-order valence-corrected chi connectivity index (χ2v) is 15.7. The van der Waals surface area contributed by atoms with Crippen LogP contribution >= 0.6 is 25.3 Å². The summed E-state index contributed by atoms with van der Waals surface area (Å²) in [6.45, 7) is 2.00. The van der Waals surface area contributed by atoms with Crippen LogP contribution in [0.5, 0.6) is 0 Å². The van der Waals surface area contributed by atoms with E-state index in [0.717, 1.165) is 31.2 Å². The van der Waals surface area contributed by atoms with E-state index in [1.807, 2.05) is 25.1 Å². The van der Waals surface area contributed by atoms with Gasteiger partial charge in [0.05, 0.1) is 0 Å². The molecule has 0 unspecified atom stereocenters. The molecule has 0 bridgehead atoms. The van der Waals surface area contributed by atoms with E-state index in [9.17, 15) is 4.79 Å². The maximum absolute atomic E-state index is 12.2. The van der Waals surface area contributed by atoms with Gasteiger partial charge in [0.15, 0.2) is 0 Å². The van der Waals surface area contributed by atoms with Crippen LogP contribution in [-0.2, 0) is 0 Å². The van der Waals surface area contributed by atoms with E-state index >= 15 is 0 Å². The fourth-order valence-electron chi connectivity index (χ4n) is 1.31. The highest BCUT2D eigenvalue weighted by Gasteiger charge is 2.24. The Morgan fingerprint density at radius 1 is 1.41 bits per heavy atom. The number of benzene rings is 1. The molecule has 0 heterocycles. The number of hydrogen-bond donors (Lipinski definition) is 2. The minimum absolute atomic E-state index is 0.0571. The fraction of sp³-hybridized carbons (Fsp3) is 0.417. The van der Waals surface area contributed by atoms with Crippen LogP contribution in [0.25, 0.3) is 0 Å². The number of hydrogen-bond acceptors (Lipinski definition) is 1. The van der Waals surface area contributed by atoms with E-state index in [1.165, 1.54) is 0 Å². The molecule has 1 N–H and O–H groups in total. The molecule has 0 saturated heterocycles. The van der Waals surface area contributed by atoms with Gasteiger partial charge in [-0.1, -0.05) is 15.9 Å². The molecule has 1 aromatic rings. The van der Waals surface area contributed by atoms with Crippen molar-refractivity contribution in [3.63, 3.8) is 0 Å². The van der Waals surface area contributed by atoms with Crippen molar-refractivity contribution in [3.05, 3.63) is 33.8 Å². The monoisotopic (exact) mass is 335 g/mol. The number of aryl methyl sites for hydroxylation is 1. The van der Waals surface area contributed by atoms with Gasteiger partial charge in [0.1, 0.15) is 0 Å². The molecule has 1 amide bonds. The number of thiol groups is 1. The second-order valence-electron chi connectivity index (χ2n) is 5.84. The number of carbonyl (C=O) groups excluding carboxylic acids is 1. The summed E-state index contributed by atoms with van der Waals surface area (Å²) in [5.74, 6) is 0.0571. The van der Waals surface area contributed by atoms with Crippen molar-refractivity contribution in [2.45, 2.75) is 6.92 Å². The molecule has 0 aliphatic rings. The highest BCUT2D eigenvalue weighted by Crippen LogP contribution is 2.53. The van der Waals surface area contributed by atoms with Gasteiger partial charge in [-0.2, -0.15) is 0 Å². The van der Waals surface area contributed by atoms with Crippen molar-refractivity contribution < 1.29 is 4.79 Å². The van der Waals surface area contributed by atoms with Crippen molar-refractivity contribution in [2.75, 3.05) is 24.1 Å². The lowest BCUT2D eigenvalue weighted by Gasteiger charge is -2.52. The molecule has 0 saturated carbocycles. The normalized spacial score (nSPS) is 14.1. The summed E-state index contributed by atoms with van der Waals surface area (Å²) in [4.78, 5) is 12.2. The van der Waals surface area contributed by atoms with Gasteiger partial charge in [0.2, 0.25) is 0 Å². The van der Waals surface area contributed by atoms with Crippen LogP contribution in [-0.4, -0.2) is 40.3 Å². The molecule has 0 atom stereocenters. The van der Waals surface area contributed by atoms with E-state index in [0.29, 0.717) is 0 Å². The molecule has 0 radical (unpaired) electrons. The summed E-state index contributed by atoms with van der Waals surface area (Å²) in [6.07, 6.45) is 6.63. The molecule has 98 valence electrons. The second kappa shape index (κ2) is 4.78. The van der Waals surface area contributed by atoms with Crippen molar-refractivity contribution in [3.8, 4) is 0 Å².